The second-order valence-electron chi connectivity index (χ2n) is 6.27. The van der Waals surface area contributed by atoms with Gasteiger partial charge in [-0.2, -0.15) is 0 Å². The van der Waals surface area contributed by atoms with Crippen LogP contribution in [0, 0.1) is 19.8 Å². The Bertz CT molecular complexity index is 642. The number of rotatable bonds is 4. The number of hydrogen-bond donors (Lipinski definition) is 0. The predicted octanol–water partition coefficient (Wildman–Crippen LogP) is 1.97. The smallest absolute Gasteiger partial charge is 0.219 e. The van der Waals surface area contributed by atoms with Crippen LogP contribution in [-0.4, -0.2) is 45.4 Å². The molecule has 2 saturated heterocycles. The SMILES string of the molecule is Cc1nnc(C[C@@H]2C[C@H]3CN(Cc4scnc4C)C[C@H]3O2)o1. The first-order chi connectivity index (χ1) is 10.7. The van der Waals surface area contributed by atoms with E-state index in [2.05, 4.69) is 27.0 Å². The average Bonchev–Trinajstić information content (AvgIpc) is 3.19. The van der Waals surface area contributed by atoms with E-state index >= 15 is 0 Å². The van der Waals surface area contributed by atoms with Crippen LogP contribution in [0.2, 0.25) is 0 Å². The van der Waals surface area contributed by atoms with E-state index in [-0.39, 0.29) is 6.10 Å². The molecule has 2 aliphatic heterocycles. The molecule has 0 bridgehead atoms. The lowest BCUT2D eigenvalue weighted by Gasteiger charge is -2.18. The molecule has 0 aliphatic carbocycles. The molecular formula is C15H20N4O2S. The number of thiazole rings is 1. The molecule has 0 aromatic carbocycles. The molecule has 2 fully saturated rings. The third-order valence-electron chi connectivity index (χ3n) is 4.57. The van der Waals surface area contributed by atoms with Gasteiger partial charge in [0.15, 0.2) is 0 Å². The molecular weight excluding hydrogens is 300 g/mol. The number of likely N-dealkylation sites (tertiary alicyclic amines) is 1. The summed E-state index contributed by atoms with van der Waals surface area (Å²) in [5.41, 5.74) is 3.09. The molecule has 3 atom stereocenters. The van der Waals surface area contributed by atoms with Crippen molar-refractivity contribution in [2.75, 3.05) is 13.1 Å². The van der Waals surface area contributed by atoms with Crippen molar-refractivity contribution in [3.63, 3.8) is 0 Å². The fourth-order valence-electron chi connectivity index (χ4n) is 3.50. The first kappa shape index (κ1) is 14.3. The zero-order valence-electron chi connectivity index (χ0n) is 12.9. The van der Waals surface area contributed by atoms with Gasteiger partial charge in [0.2, 0.25) is 11.8 Å². The van der Waals surface area contributed by atoms with Gasteiger partial charge in [0.05, 0.1) is 29.8 Å². The van der Waals surface area contributed by atoms with Crippen LogP contribution in [-0.2, 0) is 17.7 Å². The summed E-state index contributed by atoms with van der Waals surface area (Å²) < 4.78 is 11.7. The first-order valence-electron chi connectivity index (χ1n) is 7.73. The van der Waals surface area contributed by atoms with Crippen LogP contribution in [0.15, 0.2) is 9.93 Å². The van der Waals surface area contributed by atoms with E-state index < -0.39 is 0 Å². The second-order valence-corrected chi connectivity index (χ2v) is 7.21. The number of fused-ring (bicyclic) bond motifs is 1. The summed E-state index contributed by atoms with van der Waals surface area (Å²) >= 11 is 1.75. The van der Waals surface area contributed by atoms with E-state index in [1.54, 1.807) is 11.3 Å². The fourth-order valence-corrected chi connectivity index (χ4v) is 4.32. The van der Waals surface area contributed by atoms with E-state index in [0.29, 0.717) is 23.8 Å². The van der Waals surface area contributed by atoms with Gasteiger partial charge in [-0.1, -0.05) is 0 Å². The summed E-state index contributed by atoms with van der Waals surface area (Å²) in [6.45, 7) is 7.03. The Hall–Kier alpha value is -1.31. The van der Waals surface area contributed by atoms with Gasteiger partial charge in [-0.25, -0.2) is 4.98 Å². The van der Waals surface area contributed by atoms with Crippen molar-refractivity contribution in [3.8, 4) is 0 Å². The van der Waals surface area contributed by atoms with Gasteiger partial charge in [0.1, 0.15) is 0 Å². The quantitative estimate of drug-likeness (QED) is 0.858. The fraction of sp³-hybridized carbons (Fsp3) is 0.667. The van der Waals surface area contributed by atoms with Gasteiger partial charge in [0.25, 0.3) is 0 Å². The molecule has 0 unspecified atom stereocenters. The normalized spacial score (nSPS) is 28.4. The zero-order chi connectivity index (χ0) is 15.1. The van der Waals surface area contributed by atoms with Crippen molar-refractivity contribution >= 4 is 11.3 Å². The van der Waals surface area contributed by atoms with E-state index in [4.69, 9.17) is 9.15 Å². The van der Waals surface area contributed by atoms with Crippen molar-refractivity contribution in [3.05, 3.63) is 27.9 Å². The van der Waals surface area contributed by atoms with Crippen LogP contribution >= 0.6 is 11.3 Å². The minimum absolute atomic E-state index is 0.224. The third kappa shape index (κ3) is 2.80. The summed E-state index contributed by atoms with van der Waals surface area (Å²) in [5, 5.41) is 7.94. The Morgan fingerprint density at radius 3 is 2.91 bits per heavy atom. The van der Waals surface area contributed by atoms with Crippen LogP contribution in [0.1, 0.15) is 28.8 Å². The largest absolute Gasteiger partial charge is 0.426 e. The van der Waals surface area contributed by atoms with Gasteiger partial charge in [-0.05, 0) is 13.3 Å². The highest BCUT2D eigenvalue weighted by Gasteiger charge is 2.42. The summed E-state index contributed by atoms with van der Waals surface area (Å²) in [5.74, 6) is 1.95. The molecule has 0 amide bonds. The molecule has 4 heterocycles. The van der Waals surface area contributed by atoms with Gasteiger partial charge >= 0.3 is 0 Å². The van der Waals surface area contributed by atoms with Crippen LogP contribution < -0.4 is 0 Å². The van der Waals surface area contributed by atoms with Gasteiger partial charge in [-0.15, -0.1) is 21.5 Å². The van der Waals surface area contributed by atoms with Gasteiger partial charge < -0.3 is 9.15 Å². The molecule has 4 rings (SSSR count). The Kier molecular flexibility index (Phi) is 3.71. The van der Waals surface area contributed by atoms with Crippen LogP contribution in [0.25, 0.3) is 0 Å². The van der Waals surface area contributed by atoms with Gasteiger partial charge in [0, 0.05) is 37.4 Å². The molecule has 22 heavy (non-hydrogen) atoms. The van der Waals surface area contributed by atoms with Crippen molar-refractivity contribution in [1.82, 2.24) is 20.1 Å². The van der Waals surface area contributed by atoms with E-state index in [1.165, 1.54) is 4.88 Å². The van der Waals surface area contributed by atoms with Crippen molar-refractivity contribution in [2.24, 2.45) is 5.92 Å². The lowest BCUT2D eigenvalue weighted by atomic mass is 10.0. The van der Waals surface area contributed by atoms with Crippen LogP contribution in [0.3, 0.4) is 0 Å². The number of hydrogen-bond acceptors (Lipinski definition) is 7. The molecule has 2 aliphatic rings. The summed E-state index contributed by atoms with van der Waals surface area (Å²) in [6.07, 6.45) is 2.40. The molecule has 0 radical (unpaired) electrons. The first-order valence-corrected chi connectivity index (χ1v) is 8.61. The summed E-state index contributed by atoms with van der Waals surface area (Å²) in [6, 6.07) is 0. The van der Waals surface area contributed by atoms with Crippen LogP contribution in [0.4, 0.5) is 0 Å². The Labute approximate surface area is 133 Å². The number of ether oxygens (including phenoxy) is 1. The molecule has 0 saturated carbocycles. The monoisotopic (exact) mass is 320 g/mol. The van der Waals surface area contributed by atoms with E-state index in [1.807, 2.05) is 12.4 Å². The summed E-state index contributed by atoms with van der Waals surface area (Å²) in [4.78, 5) is 8.19. The predicted molar refractivity (Wildman–Crippen MR) is 81.6 cm³/mol. The van der Waals surface area contributed by atoms with E-state index in [0.717, 1.165) is 38.2 Å². The third-order valence-corrected chi connectivity index (χ3v) is 5.49. The molecule has 2 aromatic rings. The number of aryl methyl sites for hydroxylation is 2. The van der Waals surface area contributed by atoms with Gasteiger partial charge in [-0.3, -0.25) is 4.90 Å². The highest BCUT2D eigenvalue weighted by Crippen LogP contribution is 2.35. The molecule has 2 aromatic heterocycles. The summed E-state index contributed by atoms with van der Waals surface area (Å²) in [7, 11) is 0. The van der Waals surface area contributed by atoms with E-state index in [9.17, 15) is 0 Å². The maximum atomic E-state index is 6.20. The van der Waals surface area contributed by atoms with Crippen molar-refractivity contribution in [2.45, 2.75) is 45.4 Å². The maximum Gasteiger partial charge on any atom is 0.219 e. The molecule has 7 heteroatoms. The maximum absolute atomic E-state index is 6.20. The standard InChI is InChI=1S/C15H20N4O2S/c1-9-14(22-8-16-9)7-19-5-11-3-12(21-13(11)6-19)4-15-18-17-10(2)20-15/h8,11-13H,3-7H2,1-2H3/t11-,12-,13+/m0/s1. The molecule has 118 valence electrons. The van der Waals surface area contributed by atoms with Crippen LogP contribution in [0.5, 0.6) is 0 Å². The Balaban J connectivity index is 1.31. The lowest BCUT2D eigenvalue weighted by Crippen LogP contribution is -2.25. The average molecular weight is 320 g/mol. The Morgan fingerprint density at radius 1 is 1.32 bits per heavy atom. The highest BCUT2D eigenvalue weighted by molar-refractivity contribution is 7.09. The minimum atomic E-state index is 0.224. The second kappa shape index (κ2) is 5.72. The molecule has 0 spiro atoms. The molecule has 0 N–H and O–H groups in total. The topological polar surface area (TPSA) is 64.3 Å². The van der Waals surface area contributed by atoms with Crippen molar-refractivity contribution < 1.29 is 9.15 Å². The lowest BCUT2D eigenvalue weighted by molar-refractivity contribution is 0.0350. The minimum Gasteiger partial charge on any atom is -0.426 e. The Morgan fingerprint density at radius 2 is 2.23 bits per heavy atom. The number of nitrogens with zero attached hydrogens (tertiary/aromatic N) is 4. The molecule has 6 nitrogen and oxygen atoms in total. The number of aromatic nitrogens is 3. The highest BCUT2D eigenvalue weighted by atomic mass is 32.1. The zero-order valence-corrected chi connectivity index (χ0v) is 13.7. The van der Waals surface area contributed by atoms with Crippen molar-refractivity contribution in [1.29, 1.82) is 0 Å².